The van der Waals surface area contributed by atoms with E-state index in [2.05, 4.69) is 10.2 Å². The second-order valence-corrected chi connectivity index (χ2v) is 5.69. The Bertz CT molecular complexity index is 384. The summed E-state index contributed by atoms with van der Waals surface area (Å²) in [4.78, 5) is 26.3. The van der Waals surface area contributed by atoms with Crippen molar-refractivity contribution >= 4 is 11.9 Å². The fourth-order valence-corrected chi connectivity index (χ4v) is 4.01. The third-order valence-electron chi connectivity index (χ3n) is 4.95. The molecule has 3 fully saturated rings. The molecule has 3 atom stereocenters. The van der Waals surface area contributed by atoms with E-state index < -0.39 is 5.41 Å². The average Bonchev–Trinajstić information content (AvgIpc) is 2.86. The summed E-state index contributed by atoms with van der Waals surface area (Å²) >= 11 is 0. The lowest BCUT2D eigenvalue weighted by molar-refractivity contribution is -0.164. The molecular weight excluding hydrogens is 232 g/mol. The van der Waals surface area contributed by atoms with Gasteiger partial charge in [-0.15, -0.1) is 0 Å². The van der Waals surface area contributed by atoms with Gasteiger partial charge in [-0.1, -0.05) is 0 Å². The van der Waals surface area contributed by atoms with Crippen molar-refractivity contribution in [3.63, 3.8) is 0 Å². The molecule has 0 bridgehead atoms. The van der Waals surface area contributed by atoms with E-state index in [-0.39, 0.29) is 17.9 Å². The molecule has 3 heterocycles. The van der Waals surface area contributed by atoms with Crippen LogP contribution in [0.1, 0.15) is 32.1 Å². The number of piperidine rings is 2. The van der Waals surface area contributed by atoms with Crippen molar-refractivity contribution < 1.29 is 14.3 Å². The lowest BCUT2D eigenvalue weighted by atomic mass is 9.66. The minimum absolute atomic E-state index is 0.0533. The van der Waals surface area contributed by atoms with E-state index in [1.54, 1.807) is 0 Å². The number of carbonyl (C=O) groups excluding carboxylic acids is 2. The van der Waals surface area contributed by atoms with Gasteiger partial charge < -0.3 is 10.1 Å². The molecule has 3 aliphatic heterocycles. The van der Waals surface area contributed by atoms with E-state index >= 15 is 0 Å². The van der Waals surface area contributed by atoms with Gasteiger partial charge in [-0.05, 0) is 38.8 Å². The van der Waals surface area contributed by atoms with Gasteiger partial charge in [-0.3, -0.25) is 14.5 Å². The van der Waals surface area contributed by atoms with Crippen LogP contribution in [0.25, 0.3) is 0 Å². The predicted octanol–water partition coefficient (Wildman–Crippen LogP) is 0.293. The molecule has 3 aliphatic rings. The van der Waals surface area contributed by atoms with Gasteiger partial charge >= 0.3 is 5.97 Å². The van der Waals surface area contributed by atoms with Gasteiger partial charge in [0, 0.05) is 12.5 Å². The van der Waals surface area contributed by atoms with Gasteiger partial charge in [-0.25, -0.2) is 0 Å². The predicted molar refractivity (Wildman–Crippen MR) is 64.8 cm³/mol. The van der Waals surface area contributed by atoms with Crippen LogP contribution >= 0.6 is 0 Å². The zero-order valence-electron chi connectivity index (χ0n) is 10.8. The standard InChI is InChI=1S/C13H20N2O3/c1-18-12(17)13-5-4-10(16)14-11(13)9-3-2-7-15(9)8-6-13/h9,11H,2-8H2,1H3,(H,14,16). The third kappa shape index (κ3) is 1.56. The Morgan fingerprint density at radius 3 is 3.06 bits per heavy atom. The first-order valence-corrected chi connectivity index (χ1v) is 6.79. The summed E-state index contributed by atoms with van der Waals surface area (Å²) in [5.41, 5.74) is -0.478. The van der Waals surface area contributed by atoms with Gasteiger partial charge in [0.25, 0.3) is 0 Å². The van der Waals surface area contributed by atoms with Crippen LogP contribution in [0, 0.1) is 5.41 Å². The minimum Gasteiger partial charge on any atom is -0.469 e. The number of nitrogens with one attached hydrogen (secondary N) is 1. The molecule has 0 saturated carbocycles. The number of hydrogen-bond acceptors (Lipinski definition) is 4. The van der Waals surface area contributed by atoms with Crippen LogP contribution < -0.4 is 5.32 Å². The minimum atomic E-state index is -0.478. The topological polar surface area (TPSA) is 58.6 Å². The lowest BCUT2D eigenvalue weighted by Crippen LogP contribution is -2.67. The summed E-state index contributed by atoms with van der Waals surface area (Å²) in [6.45, 7) is 2.04. The average molecular weight is 252 g/mol. The molecule has 0 spiro atoms. The Morgan fingerprint density at radius 1 is 1.44 bits per heavy atom. The van der Waals surface area contributed by atoms with E-state index in [0.29, 0.717) is 18.9 Å². The highest BCUT2D eigenvalue weighted by atomic mass is 16.5. The normalized spacial score (nSPS) is 39.7. The van der Waals surface area contributed by atoms with E-state index in [1.165, 1.54) is 7.11 Å². The van der Waals surface area contributed by atoms with Crippen LogP contribution in [-0.4, -0.2) is 49.1 Å². The molecule has 3 saturated heterocycles. The SMILES string of the molecule is COC(=O)C12CCC(=O)NC1C1CCCN1CC2. The fraction of sp³-hybridized carbons (Fsp3) is 0.846. The number of nitrogens with zero attached hydrogens (tertiary/aromatic N) is 1. The Kier molecular flexibility index (Phi) is 2.81. The van der Waals surface area contributed by atoms with Crippen LogP contribution in [0.3, 0.4) is 0 Å². The molecule has 18 heavy (non-hydrogen) atoms. The molecule has 3 unspecified atom stereocenters. The van der Waals surface area contributed by atoms with E-state index in [0.717, 1.165) is 32.4 Å². The molecule has 5 nitrogen and oxygen atoms in total. The van der Waals surface area contributed by atoms with Gasteiger partial charge in [0.1, 0.15) is 0 Å². The quantitative estimate of drug-likeness (QED) is 0.682. The first kappa shape index (κ1) is 12.0. The van der Waals surface area contributed by atoms with Crippen molar-refractivity contribution in [3.05, 3.63) is 0 Å². The summed E-state index contributed by atoms with van der Waals surface area (Å²) in [6, 6.07) is 0.268. The maximum absolute atomic E-state index is 12.2. The van der Waals surface area contributed by atoms with Crippen molar-refractivity contribution in [1.82, 2.24) is 10.2 Å². The Balaban J connectivity index is 1.94. The maximum Gasteiger partial charge on any atom is 0.314 e. The highest BCUT2D eigenvalue weighted by Gasteiger charge is 2.57. The Hall–Kier alpha value is -1.10. The van der Waals surface area contributed by atoms with Crippen LogP contribution in [0.15, 0.2) is 0 Å². The molecule has 3 rings (SSSR count). The van der Waals surface area contributed by atoms with E-state index in [9.17, 15) is 9.59 Å². The van der Waals surface area contributed by atoms with E-state index in [1.807, 2.05) is 0 Å². The van der Waals surface area contributed by atoms with Crippen LogP contribution in [0.4, 0.5) is 0 Å². The highest BCUT2D eigenvalue weighted by Crippen LogP contribution is 2.45. The molecule has 5 heteroatoms. The number of rotatable bonds is 1. The molecule has 0 aromatic carbocycles. The van der Waals surface area contributed by atoms with Crippen molar-refractivity contribution in [3.8, 4) is 0 Å². The van der Waals surface area contributed by atoms with Crippen molar-refractivity contribution in [1.29, 1.82) is 0 Å². The number of fused-ring (bicyclic) bond motifs is 3. The number of carbonyl (C=O) groups is 2. The molecule has 1 amide bonds. The van der Waals surface area contributed by atoms with Gasteiger partial charge in [0.15, 0.2) is 0 Å². The largest absolute Gasteiger partial charge is 0.469 e. The van der Waals surface area contributed by atoms with Gasteiger partial charge in [-0.2, -0.15) is 0 Å². The molecule has 0 radical (unpaired) electrons. The monoisotopic (exact) mass is 252 g/mol. The van der Waals surface area contributed by atoms with Crippen molar-refractivity contribution in [2.24, 2.45) is 5.41 Å². The molecule has 0 aromatic rings. The summed E-state index contributed by atoms with van der Waals surface area (Å²) in [5.74, 6) is -0.0627. The molecule has 0 aliphatic carbocycles. The first-order valence-electron chi connectivity index (χ1n) is 6.79. The maximum atomic E-state index is 12.2. The number of amides is 1. The smallest absolute Gasteiger partial charge is 0.314 e. The number of methoxy groups -OCH3 is 1. The third-order valence-corrected chi connectivity index (χ3v) is 4.95. The molecule has 100 valence electrons. The zero-order valence-corrected chi connectivity index (χ0v) is 10.8. The van der Waals surface area contributed by atoms with Crippen LogP contribution in [0.2, 0.25) is 0 Å². The van der Waals surface area contributed by atoms with Gasteiger partial charge in [0.2, 0.25) is 5.91 Å². The Morgan fingerprint density at radius 2 is 2.28 bits per heavy atom. The highest BCUT2D eigenvalue weighted by molar-refractivity contribution is 5.85. The number of hydrogen-bond donors (Lipinski definition) is 1. The summed E-state index contributed by atoms with van der Waals surface area (Å²) in [5, 5.41) is 3.06. The van der Waals surface area contributed by atoms with Crippen LogP contribution in [0.5, 0.6) is 0 Å². The van der Waals surface area contributed by atoms with E-state index in [4.69, 9.17) is 4.74 Å². The molecule has 0 aromatic heterocycles. The molecule has 1 N–H and O–H groups in total. The number of ether oxygens (including phenoxy) is 1. The van der Waals surface area contributed by atoms with Crippen LogP contribution in [-0.2, 0) is 14.3 Å². The fourth-order valence-electron chi connectivity index (χ4n) is 4.01. The van der Waals surface area contributed by atoms with Crippen molar-refractivity contribution in [2.75, 3.05) is 20.2 Å². The summed E-state index contributed by atoms with van der Waals surface area (Å²) < 4.78 is 5.02. The van der Waals surface area contributed by atoms with Gasteiger partial charge in [0.05, 0.1) is 18.6 Å². The second kappa shape index (κ2) is 4.23. The first-order chi connectivity index (χ1) is 8.67. The number of esters is 1. The second-order valence-electron chi connectivity index (χ2n) is 5.69. The lowest BCUT2D eigenvalue weighted by Gasteiger charge is -2.51. The summed E-state index contributed by atoms with van der Waals surface area (Å²) in [7, 11) is 1.45. The van der Waals surface area contributed by atoms with Crippen molar-refractivity contribution in [2.45, 2.75) is 44.2 Å². The summed E-state index contributed by atoms with van der Waals surface area (Å²) in [6.07, 6.45) is 4.12. The zero-order chi connectivity index (χ0) is 12.8. The molecular formula is C13H20N2O3. The Labute approximate surface area is 107 Å².